The van der Waals surface area contributed by atoms with Crippen molar-refractivity contribution in [3.05, 3.63) is 45.7 Å². The third-order valence-electron chi connectivity index (χ3n) is 2.60. The molecule has 0 aliphatic rings. The molecule has 0 aliphatic carbocycles. The third-order valence-corrected chi connectivity index (χ3v) is 2.60. The average Bonchev–Trinajstić information content (AvgIpc) is 2.83. The Bertz CT molecular complexity index is 665. The smallest absolute Gasteiger partial charge is 0.282 e. The summed E-state index contributed by atoms with van der Waals surface area (Å²) in [6.45, 7) is 1.67. The summed E-state index contributed by atoms with van der Waals surface area (Å²) in [5, 5.41) is 19.8. The highest BCUT2D eigenvalue weighted by molar-refractivity contribution is 6.07. The van der Waals surface area contributed by atoms with Crippen molar-refractivity contribution in [1.82, 2.24) is 5.16 Å². The molecule has 0 saturated carbocycles. The van der Waals surface area contributed by atoms with E-state index in [2.05, 4.69) is 15.8 Å². The van der Waals surface area contributed by atoms with Gasteiger partial charge >= 0.3 is 0 Å². The highest BCUT2D eigenvalue weighted by Gasteiger charge is 2.21. The number of aromatic nitrogens is 1. The molecular formula is C12H12N4O4. The normalized spacial score (nSPS) is 10.1. The van der Waals surface area contributed by atoms with Crippen molar-refractivity contribution in [1.29, 1.82) is 0 Å². The van der Waals surface area contributed by atoms with Crippen LogP contribution in [0.3, 0.4) is 0 Å². The number of carbonyl (C=O) groups excluding carboxylic acids is 1. The lowest BCUT2D eigenvalue weighted by atomic mass is 10.1. The molecule has 8 heteroatoms. The Labute approximate surface area is 113 Å². The monoisotopic (exact) mass is 276 g/mol. The molecule has 1 aromatic heterocycles. The van der Waals surface area contributed by atoms with E-state index >= 15 is 0 Å². The largest absolute Gasteiger partial charge is 0.388 e. The second-order valence-electron chi connectivity index (χ2n) is 4.02. The van der Waals surface area contributed by atoms with Crippen LogP contribution in [0.25, 0.3) is 0 Å². The minimum absolute atomic E-state index is 0.0532. The first-order chi connectivity index (χ1) is 9.51. The Balaban J connectivity index is 2.34. The van der Waals surface area contributed by atoms with Gasteiger partial charge in [0.15, 0.2) is 5.82 Å². The van der Waals surface area contributed by atoms with Crippen LogP contribution in [0.4, 0.5) is 17.2 Å². The van der Waals surface area contributed by atoms with Gasteiger partial charge in [0.25, 0.3) is 11.6 Å². The van der Waals surface area contributed by atoms with E-state index in [0.717, 1.165) is 0 Å². The second-order valence-corrected chi connectivity index (χ2v) is 4.02. The van der Waals surface area contributed by atoms with E-state index in [0.29, 0.717) is 11.4 Å². The molecule has 0 spiro atoms. The van der Waals surface area contributed by atoms with Gasteiger partial charge in [-0.05, 0) is 19.1 Å². The topological polar surface area (TPSA) is 110 Å². The predicted octanol–water partition coefficient (Wildman–Crippen LogP) is 2.19. The standard InChI is InChI=1S/C12H12N4O4/c1-7-5-11(15-20-7)14-12(17)9-6-8(13-2)3-4-10(9)16(18)19/h3-6,13H,1-2H3,(H,14,15,17). The van der Waals surface area contributed by atoms with Crippen LogP contribution in [0.2, 0.25) is 0 Å². The summed E-state index contributed by atoms with van der Waals surface area (Å²) in [5.74, 6) is 0.109. The quantitative estimate of drug-likeness (QED) is 0.654. The van der Waals surface area contributed by atoms with E-state index in [1.54, 1.807) is 14.0 Å². The van der Waals surface area contributed by atoms with E-state index < -0.39 is 10.8 Å². The summed E-state index contributed by atoms with van der Waals surface area (Å²) in [4.78, 5) is 22.4. The summed E-state index contributed by atoms with van der Waals surface area (Å²) in [6.07, 6.45) is 0. The van der Waals surface area contributed by atoms with Gasteiger partial charge in [0.1, 0.15) is 11.3 Å². The fraction of sp³-hybridized carbons (Fsp3) is 0.167. The molecule has 104 valence electrons. The molecule has 2 N–H and O–H groups in total. The van der Waals surface area contributed by atoms with Crippen molar-refractivity contribution in [2.45, 2.75) is 6.92 Å². The summed E-state index contributed by atoms with van der Waals surface area (Å²) in [7, 11) is 1.66. The Morgan fingerprint density at radius 2 is 2.15 bits per heavy atom. The molecule has 1 aromatic carbocycles. The van der Waals surface area contributed by atoms with Crippen molar-refractivity contribution in [2.24, 2.45) is 0 Å². The Morgan fingerprint density at radius 1 is 1.40 bits per heavy atom. The molecule has 20 heavy (non-hydrogen) atoms. The van der Waals surface area contributed by atoms with Gasteiger partial charge in [0, 0.05) is 24.9 Å². The maximum Gasteiger partial charge on any atom is 0.282 e. The van der Waals surface area contributed by atoms with Gasteiger partial charge in [-0.15, -0.1) is 0 Å². The molecule has 0 saturated heterocycles. The summed E-state index contributed by atoms with van der Waals surface area (Å²) < 4.78 is 4.81. The molecule has 0 bridgehead atoms. The highest BCUT2D eigenvalue weighted by atomic mass is 16.6. The lowest BCUT2D eigenvalue weighted by Crippen LogP contribution is -2.14. The number of carbonyl (C=O) groups is 1. The summed E-state index contributed by atoms with van der Waals surface area (Å²) in [5.41, 5.74) is 0.265. The molecule has 2 rings (SSSR count). The van der Waals surface area contributed by atoms with Crippen LogP contribution in [0, 0.1) is 17.0 Å². The minimum atomic E-state index is -0.623. The van der Waals surface area contributed by atoms with Crippen molar-refractivity contribution in [3.8, 4) is 0 Å². The molecule has 0 radical (unpaired) electrons. The van der Waals surface area contributed by atoms with Gasteiger partial charge in [0.2, 0.25) is 0 Å². The molecule has 0 atom stereocenters. The van der Waals surface area contributed by atoms with E-state index in [1.165, 1.54) is 24.3 Å². The Morgan fingerprint density at radius 3 is 2.70 bits per heavy atom. The van der Waals surface area contributed by atoms with Gasteiger partial charge in [0.05, 0.1) is 4.92 Å². The van der Waals surface area contributed by atoms with Gasteiger partial charge in [-0.1, -0.05) is 5.16 Å². The van der Waals surface area contributed by atoms with Gasteiger partial charge in [-0.2, -0.15) is 0 Å². The number of rotatable bonds is 4. The number of aryl methyl sites for hydroxylation is 1. The molecule has 8 nitrogen and oxygen atoms in total. The molecule has 1 heterocycles. The molecule has 0 unspecified atom stereocenters. The summed E-state index contributed by atoms with van der Waals surface area (Å²) >= 11 is 0. The average molecular weight is 276 g/mol. The van der Waals surface area contributed by atoms with E-state index in [9.17, 15) is 14.9 Å². The molecule has 1 amide bonds. The number of hydrogen-bond donors (Lipinski definition) is 2. The lowest BCUT2D eigenvalue weighted by molar-refractivity contribution is -0.385. The SMILES string of the molecule is CNc1ccc([N+](=O)[O-])c(C(=O)Nc2cc(C)on2)c1. The van der Waals surface area contributed by atoms with E-state index in [1.807, 2.05) is 0 Å². The molecule has 0 aliphatic heterocycles. The second kappa shape index (κ2) is 5.39. The first-order valence-electron chi connectivity index (χ1n) is 5.72. The van der Waals surface area contributed by atoms with E-state index in [-0.39, 0.29) is 17.1 Å². The number of nitro groups is 1. The maximum atomic E-state index is 12.1. The first kappa shape index (κ1) is 13.5. The Hall–Kier alpha value is -2.90. The van der Waals surface area contributed by atoms with E-state index in [4.69, 9.17) is 4.52 Å². The number of amides is 1. The third kappa shape index (κ3) is 2.74. The predicted molar refractivity (Wildman–Crippen MR) is 71.8 cm³/mol. The van der Waals surface area contributed by atoms with Crippen molar-refractivity contribution in [2.75, 3.05) is 17.7 Å². The number of anilines is 2. The zero-order valence-electron chi connectivity index (χ0n) is 10.8. The van der Waals surface area contributed by atoms with Gasteiger partial charge in [-0.3, -0.25) is 14.9 Å². The zero-order valence-corrected chi connectivity index (χ0v) is 10.8. The van der Waals surface area contributed by atoms with Gasteiger partial charge in [-0.25, -0.2) is 0 Å². The Kier molecular flexibility index (Phi) is 3.65. The highest BCUT2D eigenvalue weighted by Crippen LogP contribution is 2.23. The van der Waals surface area contributed by atoms with Crippen LogP contribution in [0.15, 0.2) is 28.8 Å². The van der Waals surface area contributed by atoms with Gasteiger partial charge < -0.3 is 15.2 Å². The fourth-order valence-corrected chi connectivity index (χ4v) is 1.64. The molecule has 0 fully saturated rings. The number of nitrogens with one attached hydrogen (secondary N) is 2. The van der Waals surface area contributed by atoms with Crippen LogP contribution in [-0.4, -0.2) is 23.0 Å². The molecular weight excluding hydrogens is 264 g/mol. The van der Waals surface area contributed by atoms with Crippen molar-refractivity contribution in [3.63, 3.8) is 0 Å². The van der Waals surface area contributed by atoms with Crippen molar-refractivity contribution >= 4 is 23.1 Å². The van der Waals surface area contributed by atoms with Crippen molar-refractivity contribution < 1.29 is 14.2 Å². The first-order valence-corrected chi connectivity index (χ1v) is 5.72. The van der Waals surface area contributed by atoms with Crippen LogP contribution in [-0.2, 0) is 0 Å². The number of benzene rings is 1. The zero-order chi connectivity index (χ0) is 14.7. The van der Waals surface area contributed by atoms with Crippen LogP contribution in [0.1, 0.15) is 16.1 Å². The fourth-order valence-electron chi connectivity index (χ4n) is 1.64. The maximum absolute atomic E-state index is 12.1. The number of nitro benzene ring substituents is 1. The summed E-state index contributed by atoms with van der Waals surface area (Å²) in [6, 6.07) is 5.72. The number of nitrogens with zero attached hydrogens (tertiary/aromatic N) is 2. The van der Waals surface area contributed by atoms with Crippen LogP contribution >= 0.6 is 0 Å². The number of hydrogen-bond acceptors (Lipinski definition) is 6. The minimum Gasteiger partial charge on any atom is -0.388 e. The van der Waals surface area contributed by atoms with Crippen LogP contribution < -0.4 is 10.6 Å². The molecule has 2 aromatic rings. The van der Waals surface area contributed by atoms with Crippen LogP contribution in [0.5, 0.6) is 0 Å². The lowest BCUT2D eigenvalue weighted by Gasteiger charge is -2.05.